The van der Waals surface area contributed by atoms with E-state index in [2.05, 4.69) is 23.9 Å². The van der Waals surface area contributed by atoms with Crippen LogP contribution < -0.4 is 5.73 Å². The molecule has 0 unspecified atom stereocenters. The smallest absolute Gasteiger partial charge is 0.227 e. The molecule has 105 heavy (non-hydrogen) atoms. The Kier molecular flexibility index (Phi) is 36.6. The van der Waals surface area contributed by atoms with Crippen molar-refractivity contribution in [2.75, 3.05) is 119 Å². The van der Waals surface area contributed by atoms with Gasteiger partial charge in [-0.15, -0.1) is 0 Å². The average molecular weight is 1440 g/mol. The molecule has 570 valence electrons. The molecule has 0 bridgehead atoms. The minimum Gasteiger partial charge on any atom is -0.393 e. The van der Waals surface area contributed by atoms with Crippen LogP contribution in [0.4, 0.5) is 0 Å². The summed E-state index contributed by atoms with van der Waals surface area (Å²) in [6.45, 7) is 24.9. The van der Waals surface area contributed by atoms with Gasteiger partial charge in [0.05, 0.1) is 43.0 Å². The predicted octanol–water partition coefficient (Wildman–Crippen LogP) is 9.89. The van der Waals surface area contributed by atoms with Crippen LogP contribution in [0.3, 0.4) is 0 Å². The summed E-state index contributed by atoms with van der Waals surface area (Å²) in [5, 5.41) is 30.6. The first kappa shape index (κ1) is 85.3. The van der Waals surface area contributed by atoms with Crippen LogP contribution in [0.1, 0.15) is 133 Å². The van der Waals surface area contributed by atoms with Gasteiger partial charge in [-0.2, -0.15) is 0 Å². The van der Waals surface area contributed by atoms with Gasteiger partial charge in [0.25, 0.3) is 0 Å². The van der Waals surface area contributed by atoms with Crippen LogP contribution in [0.2, 0.25) is 0 Å². The fourth-order valence-corrected chi connectivity index (χ4v) is 13.1. The molecule has 0 atom stereocenters. The van der Waals surface area contributed by atoms with E-state index in [0.717, 1.165) is 125 Å². The number of aliphatic hydroxyl groups excluding tert-OH is 1. The number of aliphatic hydroxyl groups is 3. The molecule has 6 aromatic carbocycles. The normalized spacial score (nSPS) is 17.4. The molecule has 5 N–H and O–H groups in total. The molecule has 6 fully saturated rings. The largest absolute Gasteiger partial charge is 0.393 e. The quantitative estimate of drug-likeness (QED) is 0.0846. The molecule has 0 saturated carbocycles. The van der Waals surface area contributed by atoms with Gasteiger partial charge < -0.3 is 60.3 Å². The van der Waals surface area contributed by atoms with Gasteiger partial charge in [-0.25, -0.2) is 0 Å². The van der Waals surface area contributed by atoms with Gasteiger partial charge in [-0.3, -0.25) is 33.6 Å². The van der Waals surface area contributed by atoms with E-state index in [0.29, 0.717) is 83.5 Å². The van der Waals surface area contributed by atoms with Crippen molar-refractivity contribution in [1.29, 1.82) is 0 Å². The molecule has 6 aromatic rings. The van der Waals surface area contributed by atoms with Crippen LogP contribution in [0.25, 0.3) is 0 Å². The van der Waals surface area contributed by atoms with E-state index in [4.69, 9.17) is 5.73 Å². The van der Waals surface area contributed by atoms with Crippen molar-refractivity contribution in [3.8, 4) is 0 Å². The van der Waals surface area contributed by atoms with Crippen LogP contribution >= 0.6 is 0 Å². The van der Waals surface area contributed by atoms with Gasteiger partial charge in [0.15, 0.2) is 0 Å². The molecular weight excluding hydrogens is 1320 g/mol. The van der Waals surface area contributed by atoms with Crippen molar-refractivity contribution in [3.05, 3.63) is 215 Å². The van der Waals surface area contributed by atoms with E-state index in [1.165, 1.54) is 19.3 Å². The van der Waals surface area contributed by atoms with E-state index in [1.54, 1.807) is 0 Å². The summed E-state index contributed by atoms with van der Waals surface area (Å²) in [5.74, 6) is 1.34. The van der Waals surface area contributed by atoms with Crippen LogP contribution in [0.15, 0.2) is 182 Å². The van der Waals surface area contributed by atoms with Gasteiger partial charge in [0.1, 0.15) is 0 Å². The molecule has 6 aliphatic rings. The fourth-order valence-electron chi connectivity index (χ4n) is 13.1. The van der Waals surface area contributed by atoms with E-state index < -0.39 is 11.2 Å². The standard InChI is InChI=1S/C19H21NO2.C15H21NO2.C13H18N2O.C13H17NO.C9H18N2O.C9H17NO2.C8H9NO/c21-18(15-16-7-3-1-4-8-16)20-13-11-19(22,12-14-20)17-9-5-2-6-10-17;1-12(2)14(17)16-10-8-15(18,9-11-16)13-6-4-3-5-7-13;1-14-7-9-15(10-8-14)13(16)11-12-5-3-2-4-6-12;15-13(14-9-5-2-6-10-14)11-12-7-3-1-4-8-12;1-8(2)9(12)11-6-4-10(3)5-7-11;1-7(2)9(12)10-5-3-8(11)4-6-10;9-8(10)6-7-4-2-1-3-5-7/h1-10,22H,11-15H2;3-7,12,18H,8-11H2,1-2H3;2-6H,7-11H2,1H3;1,3-4,7-8H,2,5-6,9-11H2;8H,4-7H2,1-3H3;7-8,11H,3-6H2,1-2H3;1-5H,6H2,(H2,9,10). The van der Waals surface area contributed by atoms with E-state index in [9.17, 15) is 48.9 Å². The molecule has 6 aliphatic heterocycles. The maximum Gasteiger partial charge on any atom is 0.227 e. The zero-order valence-electron chi connectivity index (χ0n) is 64.0. The second kappa shape index (κ2) is 45.0. The second-order valence-corrected chi connectivity index (χ2v) is 29.4. The van der Waals surface area contributed by atoms with E-state index in [-0.39, 0.29) is 59.3 Å². The van der Waals surface area contributed by atoms with E-state index >= 15 is 0 Å². The van der Waals surface area contributed by atoms with Crippen molar-refractivity contribution in [2.45, 2.75) is 142 Å². The lowest BCUT2D eigenvalue weighted by Crippen LogP contribution is -2.48. The Labute approximate surface area is 626 Å². The number of likely N-dealkylation sites (N-methyl/N-ethyl adjacent to an activating group) is 2. The summed E-state index contributed by atoms with van der Waals surface area (Å²) in [5.41, 5.74) is 9.55. The second-order valence-electron chi connectivity index (χ2n) is 29.4. The maximum atomic E-state index is 12.4. The number of carbonyl (C=O) groups is 7. The Morgan fingerprint density at radius 2 is 0.590 bits per heavy atom. The van der Waals surface area contributed by atoms with Gasteiger partial charge in [-0.1, -0.05) is 224 Å². The minimum absolute atomic E-state index is 0.0351. The molecule has 0 spiro atoms. The highest BCUT2D eigenvalue weighted by Crippen LogP contribution is 2.34. The fraction of sp³-hybridized carbons (Fsp3) is 0.500. The first-order valence-corrected chi connectivity index (χ1v) is 38.1. The van der Waals surface area contributed by atoms with Crippen LogP contribution in [-0.2, 0) is 70.4 Å². The number of piperidine rings is 4. The number of nitrogens with two attached hydrogens (primary N) is 1. The Morgan fingerprint density at radius 3 is 0.895 bits per heavy atom. The molecule has 6 saturated heterocycles. The number of carbonyl (C=O) groups excluding carboxylic acids is 7. The summed E-state index contributed by atoms with van der Waals surface area (Å²) in [6.07, 6.45) is 9.17. The molecule has 19 heteroatoms. The highest BCUT2D eigenvalue weighted by atomic mass is 16.3. The van der Waals surface area contributed by atoms with Crippen LogP contribution in [-0.4, -0.2) is 221 Å². The Balaban J connectivity index is 0.000000195. The lowest BCUT2D eigenvalue weighted by Gasteiger charge is -2.39. The summed E-state index contributed by atoms with van der Waals surface area (Å²) in [4.78, 5) is 97.5. The third-order valence-corrected chi connectivity index (χ3v) is 19.9. The highest BCUT2D eigenvalue weighted by Gasteiger charge is 2.37. The molecule has 0 radical (unpaired) electrons. The minimum atomic E-state index is -0.801. The number of likely N-dealkylation sites (tertiary alicyclic amines) is 4. The number of amides is 7. The third-order valence-electron chi connectivity index (χ3n) is 19.9. The van der Waals surface area contributed by atoms with E-state index in [1.807, 2.05) is 253 Å². The number of rotatable bonds is 13. The van der Waals surface area contributed by atoms with Gasteiger partial charge >= 0.3 is 0 Å². The Bertz CT molecular complexity index is 3430. The monoisotopic (exact) mass is 1440 g/mol. The number of primary amides is 1. The third kappa shape index (κ3) is 30.4. The van der Waals surface area contributed by atoms with Crippen LogP contribution in [0.5, 0.6) is 0 Å². The molecule has 12 rings (SSSR count). The topological polar surface area (TPSA) is 232 Å². The molecular formula is C86H121N9O10. The number of benzene rings is 6. The lowest BCUT2D eigenvalue weighted by molar-refractivity contribution is -0.139. The lowest BCUT2D eigenvalue weighted by atomic mass is 9.84. The predicted molar refractivity (Wildman–Crippen MR) is 417 cm³/mol. The SMILES string of the molecule is CC(C)C(=O)N1CCC(O)(c2ccccc2)CC1.CC(C)C(=O)N1CCC(O)CC1.CC(C)C(=O)N1CCN(C)CC1.CN1CCN(C(=O)Cc2ccccc2)CC1.NC(=O)Cc1ccccc1.O=C(Cc1ccccc1)N1CCC(O)(c2ccccc2)CC1.O=C(Cc1ccccc1)N1CCCCC1. The summed E-state index contributed by atoms with van der Waals surface area (Å²) in [7, 11) is 4.19. The van der Waals surface area contributed by atoms with Gasteiger partial charge in [-0.05, 0) is 105 Å². The average Bonchev–Trinajstić information content (AvgIpc) is 0.810. The number of piperazine rings is 2. The molecule has 0 aliphatic carbocycles. The van der Waals surface area contributed by atoms with Crippen molar-refractivity contribution in [2.24, 2.45) is 23.5 Å². The molecule has 19 nitrogen and oxygen atoms in total. The van der Waals surface area contributed by atoms with Crippen molar-refractivity contribution < 1.29 is 48.9 Å². The first-order chi connectivity index (χ1) is 50.3. The number of hydrogen-bond donors (Lipinski definition) is 4. The zero-order chi connectivity index (χ0) is 76.2. The maximum absolute atomic E-state index is 12.4. The van der Waals surface area contributed by atoms with Crippen molar-refractivity contribution in [1.82, 2.24) is 39.2 Å². The number of hydrogen-bond acceptors (Lipinski definition) is 12. The Hall–Kier alpha value is -8.59. The summed E-state index contributed by atoms with van der Waals surface area (Å²) < 4.78 is 0. The van der Waals surface area contributed by atoms with Crippen molar-refractivity contribution in [3.63, 3.8) is 0 Å². The van der Waals surface area contributed by atoms with Gasteiger partial charge in [0, 0.05) is 122 Å². The first-order valence-electron chi connectivity index (χ1n) is 38.1. The van der Waals surface area contributed by atoms with Gasteiger partial charge in [0.2, 0.25) is 41.4 Å². The molecule has 7 amide bonds. The molecule has 0 aromatic heterocycles. The summed E-state index contributed by atoms with van der Waals surface area (Å²) >= 11 is 0. The summed E-state index contributed by atoms with van der Waals surface area (Å²) in [6, 6.07) is 58.7. The number of nitrogens with zero attached hydrogens (tertiary/aromatic N) is 8. The van der Waals surface area contributed by atoms with Crippen molar-refractivity contribution >= 4 is 41.4 Å². The highest BCUT2D eigenvalue weighted by molar-refractivity contribution is 5.81. The zero-order valence-corrected chi connectivity index (χ0v) is 64.0. The van der Waals surface area contributed by atoms with Crippen LogP contribution in [0, 0.1) is 17.8 Å². The Morgan fingerprint density at radius 1 is 0.343 bits per heavy atom. The molecule has 6 heterocycles.